The Bertz CT molecular complexity index is 156. The lowest BCUT2D eigenvalue weighted by Gasteiger charge is -2.30. The number of carbonyl (C=O) groups excluding carboxylic acids is 2. The molecule has 70 valence electrons. The van der Waals surface area contributed by atoms with E-state index in [4.69, 9.17) is 0 Å². The molecule has 0 N–H and O–H groups in total. The summed E-state index contributed by atoms with van der Waals surface area (Å²) in [5.41, 5.74) is 0. The quantitative estimate of drug-likeness (QED) is 0.471. The molecule has 0 unspecified atom stereocenters. The molecule has 3 heteroatoms. The highest BCUT2D eigenvalue weighted by Crippen LogP contribution is 2.06. The Kier molecular flexibility index (Phi) is 4.55. The molecule has 0 aliphatic carbocycles. The van der Waals surface area contributed by atoms with Crippen molar-refractivity contribution >= 4 is 12.2 Å². The van der Waals surface area contributed by atoms with Crippen LogP contribution >= 0.6 is 0 Å². The Labute approximate surface area is 73.7 Å². The first-order chi connectivity index (χ1) is 5.50. The predicted molar refractivity (Wildman–Crippen MR) is 47.8 cm³/mol. The van der Waals surface area contributed by atoms with Crippen molar-refractivity contribution in [2.45, 2.75) is 46.2 Å². The van der Waals surface area contributed by atoms with Crippen LogP contribution in [-0.2, 0) is 9.59 Å². The van der Waals surface area contributed by atoms with Gasteiger partial charge in [-0.25, -0.2) is 0 Å². The van der Waals surface area contributed by atoms with Gasteiger partial charge in [-0.2, -0.15) is 0 Å². The largest absolute Gasteiger partial charge is 0.337 e. The molecule has 0 rings (SSSR count). The summed E-state index contributed by atoms with van der Waals surface area (Å²) in [6.07, 6.45) is 0.649. The Balaban J connectivity index is 4.29. The molecule has 0 aliphatic heterocycles. The van der Waals surface area contributed by atoms with Gasteiger partial charge in [-0.15, -0.1) is 0 Å². The molecule has 0 heterocycles. The van der Waals surface area contributed by atoms with E-state index in [0.29, 0.717) is 6.29 Å². The number of hydrogen-bond acceptors (Lipinski definition) is 2. The SMILES string of the molecule is CC(C)N(C(=O)CC=O)C(C)C. The molecule has 0 radical (unpaired) electrons. The lowest BCUT2D eigenvalue weighted by atomic mass is 10.2. The highest BCUT2D eigenvalue weighted by atomic mass is 16.2. The van der Waals surface area contributed by atoms with E-state index in [9.17, 15) is 9.59 Å². The first-order valence-electron chi connectivity index (χ1n) is 4.25. The van der Waals surface area contributed by atoms with Gasteiger partial charge < -0.3 is 9.69 Å². The fourth-order valence-corrected chi connectivity index (χ4v) is 1.35. The zero-order valence-corrected chi connectivity index (χ0v) is 8.20. The molecule has 0 saturated carbocycles. The summed E-state index contributed by atoms with van der Waals surface area (Å²) < 4.78 is 0. The summed E-state index contributed by atoms with van der Waals surface area (Å²) in [6.45, 7) is 7.79. The molecule has 3 nitrogen and oxygen atoms in total. The Morgan fingerprint density at radius 1 is 1.25 bits per heavy atom. The molecule has 0 bridgehead atoms. The third kappa shape index (κ3) is 3.03. The lowest BCUT2D eigenvalue weighted by molar-refractivity contribution is -0.136. The molecule has 0 spiro atoms. The van der Waals surface area contributed by atoms with Gasteiger partial charge in [0.1, 0.15) is 6.29 Å². The van der Waals surface area contributed by atoms with Gasteiger partial charge in [0.25, 0.3) is 0 Å². The van der Waals surface area contributed by atoms with Crippen molar-refractivity contribution in [2.24, 2.45) is 0 Å². The van der Waals surface area contributed by atoms with Crippen molar-refractivity contribution in [2.75, 3.05) is 0 Å². The minimum Gasteiger partial charge on any atom is -0.337 e. The van der Waals surface area contributed by atoms with Crippen LogP contribution in [0.1, 0.15) is 34.1 Å². The van der Waals surface area contributed by atoms with Crippen LogP contribution in [0.15, 0.2) is 0 Å². The summed E-state index contributed by atoms with van der Waals surface area (Å²) in [5, 5.41) is 0. The van der Waals surface area contributed by atoms with Gasteiger partial charge in [0.2, 0.25) is 5.91 Å². The van der Waals surface area contributed by atoms with Crippen LogP contribution in [0.2, 0.25) is 0 Å². The third-order valence-corrected chi connectivity index (χ3v) is 1.66. The Morgan fingerprint density at radius 3 is 1.92 bits per heavy atom. The summed E-state index contributed by atoms with van der Waals surface area (Å²) in [6, 6.07) is 0.329. The highest BCUT2D eigenvalue weighted by molar-refractivity contribution is 5.88. The van der Waals surface area contributed by atoms with Crippen LogP contribution in [0, 0.1) is 0 Å². The summed E-state index contributed by atoms with van der Waals surface area (Å²) in [7, 11) is 0. The number of amides is 1. The van der Waals surface area contributed by atoms with E-state index in [1.807, 2.05) is 27.7 Å². The van der Waals surface area contributed by atoms with Crippen LogP contribution in [0.4, 0.5) is 0 Å². The van der Waals surface area contributed by atoms with Gasteiger partial charge in [0.05, 0.1) is 6.42 Å². The van der Waals surface area contributed by atoms with Crippen LogP contribution in [0.25, 0.3) is 0 Å². The van der Waals surface area contributed by atoms with E-state index in [-0.39, 0.29) is 24.4 Å². The topological polar surface area (TPSA) is 37.4 Å². The Morgan fingerprint density at radius 2 is 1.67 bits per heavy atom. The minimum atomic E-state index is -0.0880. The molecule has 0 aliphatic rings. The van der Waals surface area contributed by atoms with Gasteiger partial charge in [-0.3, -0.25) is 4.79 Å². The van der Waals surface area contributed by atoms with Gasteiger partial charge in [-0.05, 0) is 27.7 Å². The van der Waals surface area contributed by atoms with Crippen LogP contribution in [-0.4, -0.2) is 29.2 Å². The molecular weight excluding hydrogens is 154 g/mol. The number of nitrogens with zero attached hydrogens (tertiary/aromatic N) is 1. The standard InChI is InChI=1S/C9H17NO2/c1-7(2)10(8(3)4)9(12)5-6-11/h6-8H,5H2,1-4H3. The normalized spacial score (nSPS) is 10.5. The zero-order chi connectivity index (χ0) is 9.72. The van der Waals surface area contributed by atoms with Crippen molar-refractivity contribution in [3.8, 4) is 0 Å². The van der Waals surface area contributed by atoms with Crippen molar-refractivity contribution < 1.29 is 9.59 Å². The fourth-order valence-electron chi connectivity index (χ4n) is 1.35. The summed E-state index contributed by atoms with van der Waals surface area (Å²) in [4.78, 5) is 23.2. The van der Waals surface area contributed by atoms with Crippen LogP contribution in [0.5, 0.6) is 0 Å². The first kappa shape index (κ1) is 11.1. The lowest BCUT2D eigenvalue weighted by Crippen LogP contribution is -2.42. The number of rotatable bonds is 4. The van der Waals surface area contributed by atoms with Crippen molar-refractivity contribution in [1.82, 2.24) is 4.90 Å². The maximum absolute atomic E-state index is 11.3. The average molecular weight is 171 g/mol. The van der Waals surface area contributed by atoms with Gasteiger partial charge in [0.15, 0.2) is 0 Å². The van der Waals surface area contributed by atoms with Gasteiger partial charge in [-0.1, -0.05) is 0 Å². The van der Waals surface area contributed by atoms with E-state index in [1.165, 1.54) is 0 Å². The maximum Gasteiger partial charge on any atom is 0.230 e. The third-order valence-electron chi connectivity index (χ3n) is 1.66. The molecule has 1 amide bonds. The van der Waals surface area contributed by atoms with Crippen molar-refractivity contribution in [3.63, 3.8) is 0 Å². The monoisotopic (exact) mass is 171 g/mol. The van der Waals surface area contributed by atoms with Gasteiger partial charge in [0, 0.05) is 12.1 Å². The molecule has 0 aromatic rings. The maximum atomic E-state index is 11.3. The van der Waals surface area contributed by atoms with Crippen molar-refractivity contribution in [1.29, 1.82) is 0 Å². The molecule has 0 fully saturated rings. The second-order valence-electron chi connectivity index (χ2n) is 3.36. The summed E-state index contributed by atoms with van der Waals surface area (Å²) >= 11 is 0. The van der Waals surface area contributed by atoms with Gasteiger partial charge >= 0.3 is 0 Å². The molecule has 0 saturated heterocycles. The predicted octanol–water partition coefficient (Wildman–Crippen LogP) is 1.22. The minimum absolute atomic E-state index is 0.00361. The van der Waals surface area contributed by atoms with E-state index < -0.39 is 0 Å². The molecule has 0 aromatic heterocycles. The number of carbonyl (C=O) groups is 2. The molecule has 12 heavy (non-hydrogen) atoms. The Hall–Kier alpha value is -0.860. The highest BCUT2D eigenvalue weighted by Gasteiger charge is 2.18. The van der Waals surface area contributed by atoms with E-state index >= 15 is 0 Å². The van der Waals surface area contributed by atoms with E-state index in [2.05, 4.69) is 0 Å². The van der Waals surface area contributed by atoms with E-state index in [1.54, 1.807) is 4.90 Å². The van der Waals surface area contributed by atoms with E-state index in [0.717, 1.165) is 0 Å². The van der Waals surface area contributed by atoms with Crippen LogP contribution in [0.3, 0.4) is 0 Å². The average Bonchev–Trinajstić information content (AvgIpc) is 1.85. The molecular formula is C9H17NO2. The first-order valence-corrected chi connectivity index (χ1v) is 4.25. The van der Waals surface area contributed by atoms with Crippen LogP contribution < -0.4 is 0 Å². The molecule has 0 aromatic carbocycles. The number of aldehydes is 1. The molecule has 0 atom stereocenters. The second kappa shape index (κ2) is 4.91. The summed E-state index contributed by atoms with van der Waals surface area (Å²) in [5.74, 6) is -0.0880. The fraction of sp³-hybridized carbons (Fsp3) is 0.778. The number of hydrogen-bond donors (Lipinski definition) is 0. The van der Waals surface area contributed by atoms with Crippen molar-refractivity contribution in [3.05, 3.63) is 0 Å². The smallest absolute Gasteiger partial charge is 0.230 e. The zero-order valence-electron chi connectivity index (χ0n) is 8.20. The second-order valence-corrected chi connectivity index (χ2v) is 3.36.